The fourth-order valence-electron chi connectivity index (χ4n) is 3.64. The molecule has 37 heavy (non-hydrogen) atoms. The van der Waals surface area contributed by atoms with E-state index in [1.165, 1.54) is 31.3 Å². The van der Waals surface area contributed by atoms with Gasteiger partial charge in [-0.25, -0.2) is 22.1 Å². The smallest absolute Gasteiger partial charge is 0.351 e. The van der Waals surface area contributed by atoms with Crippen LogP contribution in [0.3, 0.4) is 0 Å². The van der Waals surface area contributed by atoms with Gasteiger partial charge < -0.3 is 5.32 Å². The molecule has 0 fully saturated rings. The Hall–Kier alpha value is -3.31. The van der Waals surface area contributed by atoms with Gasteiger partial charge in [-0.1, -0.05) is 42.0 Å². The summed E-state index contributed by atoms with van der Waals surface area (Å²) in [7, 11) is -2.16. The summed E-state index contributed by atoms with van der Waals surface area (Å²) in [5.74, 6) is -1.89. The molecule has 11 heteroatoms. The Morgan fingerprint density at radius 1 is 1.08 bits per heavy atom. The topological polar surface area (TPSA) is 79.4 Å². The number of amides is 1. The summed E-state index contributed by atoms with van der Waals surface area (Å²) < 4.78 is 78.7. The van der Waals surface area contributed by atoms with Gasteiger partial charge in [-0.05, 0) is 43.2 Å². The number of alkyl halides is 3. The van der Waals surface area contributed by atoms with Crippen LogP contribution >= 0.6 is 0 Å². The van der Waals surface area contributed by atoms with Crippen molar-refractivity contribution >= 4 is 15.9 Å². The van der Waals surface area contributed by atoms with Crippen LogP contribution in [0, 0.1) is 12.7 Å². The second-order valence-electron chi connectivity index (χ2n) is 8.88. The average molecular weight is 538 g/mol. The lowest BCUT2D eigenvalue weighted by Gasteiger charge is -2.17. The molecule has 1 atom stereocenters. The van der Waals surface area contributed by atoms with E-state index in [4.69, 9.17) is 0 Å². The van der Waals surface area contributed by atoms with Crippen molar-refractivity contribution in [2.24, 2.45) is 0 Å². The molecule has 0 bridgehead atoms. The fraction of sp³-hybridized carbons (Fsp3) is 0.308. The quantitative estimate of drug-likeness (QED) is 0.409. The van der Waals surface area contributed by atoms with Crippen molar-refractivity contribution in [2.75, 3.05) is 13.3 Å². The Labute approximate surface area is 213 Å². The monoisotopic (exact) mass is 537 g/mol. The number of pyridine rings is 1. The van der Waals surface area contributed by atoms with Crippen LogP contribution in [0.4, 0.5) is 17.6 Å². The molecule has 0 spiro atoms. The van der Waals surface area contributed by atoms with Crippen molar-refractivity contribution in [3.05, 3.63) is 88.4 Å². The SMILES string of the molecule is Cc1cccc(-c2nc(C(F)(F)F)ccc2CNC(=O)C(C)c2ccc(CN(C)S(C)(=O)=O)c(F)c2)c1. The molecule has 3 aromatic rings. The number of benzene rings is 2. The lowest BCUT2D eigenvalue weighted by atomic mass is 9.98. The third-order valence-electron chi connectivity index (χ3n) is 5.94. The summed E-state index contributed by atoms with van der Waals surface area (Å²) in [6.07, 6.45) is -3.61. The number of sulfonamides is 1. The molecule has 0 radical (unpaired) electrons. The second kappa shape index (κ2) is 11.0. The van der Waals surface area contributed by atoms with E-state index in [0.29, 0.717) is 16.7 Å². The van der Waals surface area contributed by atoms with Crippen molar-refractivity contribution in [3.63, 3.8) is 0 Å². The Kier molecular flexibility index (Phi) is 8.38. The van der Waals surface area contributed by atoms with Gasteiger partial charge in [0.25, 0.3) is 0 Å². The first-order chi connectivity index (χ1) is 17.2. The summed E-state index contributed by atoms with van der Waals surface area (Å²) >= 11 is 0. The number of nitrogens with zero attached hydrogens (tertiary/aromatic N) is 2. The van der Waals surface area contributed by atoms with Gasteiger partial charge in [-0.15, -0.1) is 0 Å². The first-order valence-corrected chi connectivity index (χ1v) is 13.1. The minimum absolute atomic E-state index is 0.0860. The van der Waals surface area contributed by atoms with E-state index < -0.39 is 39.5 Å². The highest BCUT2D eigenvalue weighted by molar-refractivity contribution is 7.88. The van der Waals surface area contributed by atoms with Crippen LogP contribution in [0.25, 0.3) is 11.3 Å². The number of nitrogens with one attached hydrogen (secondary N) is 1. The molecule has 2 aromatic carbocycles. The van der Waals surface area contributed by atoms with Crippen LogP contribution in [-0.4, -0.2) is 36.9 Å². The van der Waals surface area contributed by atoms with E-state index in [-0.39, 0.29) is 24.3 Å². The molecule has 1 amide bonds. The molecule has 6 nitrogen and oxygen atoms in total. The number of halogens is 4. The van der Waals surface area contributed by atoms with E-state index >= 15 is 0 Å². The van der Waals surface area contributed by atoms with Gasteiger partial charge in [0.05, 0.1) is 17.9 Å². The normalized spacial score (nSPS) is 13.0. The maximum absolute atomic E-state index is 14.6. The van der Waals surface area contributed by atoms with Gasteiger partial charge in [0, 0.05) is 31.3 Å². The van der Waals surface area contributed by atoms with Gasteiger partial charge in [-0.3, -0.25) is 4.79 Å². The summed E-state index contributed by atoms with van der Waals surface area (Å²) in [6, 6.07) is 13.2. The lowest BCUT2D eigenvalue weighted by Crippen LogP contribution is -2.28. The van der Waals surface area contributed by atoms with Gasteiger partial charge in [-0.2, -0.15) is 13.2 Å². The molecule has 0 aliphatic heterocycles. The Bertz CT molecular complexity index is 1410. The van der Waals surface area contributed by atoms with Crippen LogP contribution in [0.15, 0.2) is 54.6 Å². The van der Waals surface area contributed by atoms with Crippen LogP contribution in [0.2, 0.25) is 0 Å². The van der Waals surface area contributed by atoms with Crippen LogP contribution in [0.5, 0.6) is 0 Å². The maximum atomic E-state index is 14.6. The van der Waals surface area contributed by atoms with E-state index in [0.717, 1.165) is 22.2 Å². The molecule has 1 N–H and O–H groups in total. The first-order valence-electron chi connectivity index (χ1n) is 11.3. The zero-order chi connectivity index (χ0) is 27.5. The largest absolute Gasteiger partial charge is 0.433 e. The van der Waals surface area contributed by atoms with Gasteiger partial charge in [0.1, 0.15) is 11.5 Å². The first kappa shape index (κ1) is 28.3. The molecular formula is C26H27F4N3O3S. The minimum atomic E-state index is -4.62. The van der Waals surface area contributed by atoms with E-state index in [2.05, 4.69) is 10.3 Å². The van der Waals surface area contributed by atoms with Gasteiger partial charge in [0.15, 0.2) is 0 Å². The van der Waals surface area contributed by atoms with E-state index in [1.807, 2.05) is 13.0 Å². The Balaban J connectivity index is 1.79. The predicted molar refractivity (Wildman–Crippen MR) is 132 cm³/mol. The minimum Gasteiger partial charge on any atom is -0.351 e. The van der Waals surface area contributed by atoms with Crippen LogP contribution in [0.1, 0.15) is 40.8 Å². The van der Waals surface area contributed by atoms with Crippen molar-refractivity contribution < 1.29 is 30.8 Å². The van der Waals surface area contributed by atoms with Crippen molar-refractivity contribution in [1.82, 2.24) is 14.6 Å². The molecule has 198 valence electrons. The zero-order valence-corrected chi connectivity index (χ0v) is 21.5. The number of hydrogen-bond acceptors (Lipinski definition) is 4. The van der Waals surface area contributed by atoms with Crippen molar-refractivity contribution in [2.45, 2.75) is 39.0 Å². The molecule has 1 unspecified atom stereocenters. The van der Waals surface area contributed by atoms with Crippen molar-refractivity contribution in [3.8, 4) is 11.3 Å². The standard InChI is InChI=1S/C26H27F4N3O3S/c1-16-6-5-7-19(12-16)24-20(10-11-23(32-24)26(28,29)30)14-31-25(34)17(2)18-8-9-21(22(27)13-18)15-33(3)37(4,35)36/h5-13,17H,14-15H2,1-4H3,(H,31,34). The second-order valence-corrected chi connectivity index (χ2v) is 11.0. The van der Waals surface area contributed by atoms with Crippen molar-refractivity contribution in [1.29, 1.82) is 0 Å². The third kappa shape index (κ3) is 7.14. The number of aromatic nitrogens is 1. The van der Waals surface area contributed by atoms with Crippen LogP contribution < -0.4 is 5.32 Å². The highest BCUT2D eigenvalue weighted by Gasteiger charge is 2.33. The zero-order valence-electron chi connectivity index (χ0n) is 20.7. The summed E-state index contributed by atoms with van der Waals surface area (Å²) in [5.41, 5.74) is 1.31. The van der Waals surface area contributed by atoms with Crippen LogP contribution in [-0.2, 0) is 34.1 Å². The molecule has 1 aromatic heterocycles. The molecular weight excluding hydrogens is 510 g/mol. The highest BCUT2D eigenvalue weighted by Crippen LogP contribution is 2.31. The number of aryl methyl sites for hydroxylation is 1. The number of carbonyl (C=O) groups is 1. The Morgan fingerprint density at radius 2 is 1.76 bits per heavy atom. The number of rotatable bonds is 8. The predicted octanol–water partition coefficient (Wildman–Crippen LogP) is 5.03. The summed E-state index contributed by atoms with van der Waals surface area (Å²) in [5, 5.41) is 2.70. The number of hydrogen-bond donors (Lipinski definition) is 1. The third-order valence-corrected chi connectivity index (χ3v) is 7.20. The molecule has 0 saturated carbocycles. The lowest BCUT2D eigenvalue weighted by molar-refractivity contribution is -0.141. The summed E-state index contributed by atoms with van der Waals surface area (Å²) in [4.78, 5) is 16.7. The molecule has 0 aliphatic carbocycles. The Morgan fingerprint density at radius 3 is 2.35 bits per heavy atom. The molecule has 0 saturated heterocycles. The van der Waals surface area contributed by atoms with E-state index in [9.17, 15) is 30.8 Å². The number of carbonyl (C=O) groups excluding carboxylic acids is 1. The fourth-order valence-corrected chi connectivity index (χ4v) is 4.01. The molecule has 3 rings (SSSR count). The highest BCUT2D eigenvalue weighted by atomic mass is 32.2. The van der Waals surface area contributed by atoms with Gasteiger partial charge in [0.2, 0.25) is 15.9 Å². The maximum Gasteiger partial charge on any atom is 0.433 e. The molecule has 0 aliphatic rings. The molecule has 1 heterocycles. The summed E-state index contributed by atoms with van der Waals surface area (Å²) in [6.45, 7) is 3.13. The van der Waals surface area contributed by atoms with Gasteiger partial charge >= 0.3 is 6.18 Å². The average Bonchev–Trinajstić information content (AvgIpc) is 2.82. The van der Waals surface area contributed by atoms with E-state index in [1.54, 1.807) is 25.1 Å².